The fraction of sp³-hybridized carbons (Fsp3) is 0.789. The molecule has 1 aromatic heterocycles. The summed E-state index contributed by atoms with van der Waals surface area (Å²) in [5.41, 5.74) is 0. The molecule has 7 nitrogen and oxygen atoms in total. The summed E-state index contributed by atoms with van der Waals surface area (Å²) >= 11 is 0. The lowest BCUT2D eigenvalue weighted by Crippen LogP contribution is -2.43. The Balaban J connectivity index is 1.64. The molecule has 0 spiro atoms. The van der Waals surface area contributed by atoms with E-state index in [2.05, 4.69) is 34.0 Å². The van der Waals surface area contributed by atoms with Gasteiger partial charge in [-0.25, -0.2) is 9.97 Å². The maximum atomic E-state index is 8.95. The number of aromatic nitrogens is 2. The maximum absolute atomic E-state index is 8.95. The molecule has 3 rings (SSSR count). The number of nitrogens with zero attached hydrogens (tertiary/aromatic N) is 3. The minimum atomic E-state index is 0.0680. The standard InChI is InChI=1S/C19H32N4O3/c1-14(2)19-16(6-4-9-26-19)22-17-11-18(21-13-20-17)23-7-3-5-15(12-23)25-10-8-24/h11,13-16,19,24H,3-10,12H2,1-2H3,(H,20,21,22)/t15-,16-,19+/m1/s1. The summed E-state index contributed by atoms with van der Waals surface area (Å²) in [5, 5.41) is 12.5. The molecule has 0 amide bonds. The van der Waals surface area contributed by atoms with E-state index in [1.54, 1.807) is 6.33 Å². The van der Waals surface area contributed by atoms with Crippen LogP contribution in [-0.2, 0) is 9.47 Å². The van der Waals surface area contributed by atoms with E-state index >= 15 is 0 Å². The van der Waals surface area contributed by atoms with Gasteiger partial charge in [-0.1, -0.05) is 13.8 Å². The molecule has 0 bridgehead atoms. The smallest absolute Gasteiger partial charge is 0.134 e. The van der Waals surface area contributed by atoms with Crippen molar-refractivity contribution in [3.63, 3.8) is 0 Å². The topological polar surface area (TPSA) is 79.7 Å². The van der Waals surface area contributed by atoms with E-state index in [0.717, 1.165) is 57.0 Å². The normalized spacial score (nSPS) is 26.9. The van der Waals surface area contributed by atoms with Crippen molar-refractivity contribution in [3.05, 3.63) is 12.4 Å². The van der Waals surface area contributed by atoms with E-state index in [-0.39, 0.29) is 24.9 Å². The van der Waals surface area contributed by atoms with Crippen LogP contribution in [0.3, 0.4) is 0 Å². The molecular formula is C19H32N4O3. The molecule has 0 radical (unpaired) electrons. The summed E-state index contributed by atoms with van der Waals surface area (Å²) in [6.07, 6.45) is 6.27. The van der Waals surface area contributed by atoms with Crippen LogP contribution in [0.1, 0.15) is 39.5 Å². The van der Waals surface area contributed by atoms with Crippen molar-refractivity contribution in [1.29, 1.82) is 0 Å². The largest absolute Gasteiger partial charge is 0.394 e. The number of hydrogen-bond donors (Lipinski definition) is 2. The first-order valence-electron chi connectivity index (χ1n) is 9.85. The maximum Gasteiger partial charge on any atom is 0.134 e. The van der Waals surface area contributed by atoms with Crippen LogP contribution in [0.5, 0.6) is 0 Å². The highest BCUT2D eigenvalue weighted by molar-refractivity contribution is 5.49. The van der Waals surface area contributed by atoms with Crippen LogP contribution in [0.15, 0.2) is 12.4 Å². The van der Waals surface area contributed by atoms with E-state index in [4.69, 9.17) is 14.6 Å². The minimum Gasteiger partial charge on any atom is -0.394 e. The Morgan fingerprint density at radius 2 is 2.23 bits per heavy atom. The number of aliphatic hydroxyl groups excluding tert-OH is 1. The van der Waals surface area contributed by atoms with Gasteiger partial charge in [0.1, 0.15) is 18.0 Å². The summed E-state index contributed by atoms with van der Waals surface area (Å²) < 4.78 is 11.7. The minimum absolute atomic E-state index is 0.0680. The zero-order valence-corrected chi connectivity index (χ0v) is 15.9. The Kier molecular flexibility index (Phi) is 7.05. The van der Waals surface area contributed by atoms with Gasteiger partial charge in [-0.05, 0) is 31.6 Å². The van der Waals surface area contributed by atoms with Crippen LogP contribution in [-0.4, -0.2) is 66.2 Å². The third kappa shape index (κ3) is 5.05. The fourth-order valence-corrected chi connectivity index (χ4v) is 3.91. The monoisotopic (exact) mass is 364 g/mol. The van der Waals surface area contributed by atoms with Gasteiger partial charge in [0.05, 0.1) is 31.5 Å². The summed E-state index contributed by atoms with van der Waals surface area (Å²) in [5.74, 6) is 2.26. The second-order valence-electron chi connectivity index (χ2n) is 7.54. The summed E-state index contributed by atoms with van der Waals surface area (Å²) in [6.45, 7) is 7.49. The molecule has 1 aromatic rings. The van der Waals surface area contributed by atoms with Gasteiger partial charge in [0, 0.05) is 25.8 Å². The highest BCUT2D eigenvalue weighted by Crippen LogP contribution is 2.25. The predicted molar refractivity (Wildman–Crippen MR) is 102 cm³/mol. The molecule has 2 N–H and O–H groups in total. The lowest BCUT2D eigenvalue weighted by atomic mass is 9.93. The molecule has 26 heavy (non-hydrogen) atoms. The lowest BCUT2D eigenvalue weighted by Gasteiger charge is -2.36. The van der Waals surface area contributed by atoms with Crippen molar-refractivity contribution in [2.24, 2.45) is 5.92 Å². The van der Waals surface area contributed by atoms with Crippen molar-refractivity contribution in [1.82, 2.24) is 9.97 Å². The number of hydrogen-bond acceptors (Lipinski definition) is 7. The van der Waals surface area contributed by atoms with Gasteiger partial charge in [-0.15, -0.1) is 0 Å². The Bertz CT molecular complexity index is 557. The fourth-order valence-electron chi connectivity index (χ4n) is 3.91. The van der Waals surface area contributed by atoms with Crippen LogP contribution in [0.25, 0.3) is 0 Å². The summed E-state index contributed by atoms with van der Waals surface area (Å²) in [4.78, 5) is 11.1. The van der Waals surface area contributed by atoms with Gasteiger partial charge in [0.2, 0.25) is 0 Å². The lowest BCUT2D eigenvalue weighted by molar-refractivity contribution is -0.0203. The van der Waals surface area contributed by atoms with Crippen LogP contribution in [0, 0.1) is 5.92 Å². The van der Waals surface area contributed by atoms with Gasteiger partial charge >= 0.3 is 0 Å². The van der Waals surface area contributed by atoms with Gasteiger partial charge < -0.3 is 24.8 Å². The number of nitrogens with one attached hydrogen (secondary N) is 1. The van der Waals surface area contributed by atoms with Gasteiger partial charge in [0.15, 0.2) is 0 Å². The van der Waals surface area contributed by atoms with Gasteiger partial charge in [-0.3, -0.25) is 0 Å². The molecule has 3 heterocycles. The number of piperidine rings is 1. The average Bonchev–Trinajstić information content (AvgIpc) is 2.67. The second-order valence-corrected chi connectivity index (χ2v) is 7.54. The van der Waals surface area contributed by atoms with Crippen LogP contribution in [0.4, 0.5) is 11.6 Å². The molecule has 0 unspecified atom stereocenters. The second kappa shape index (κ2) is 9.48. The molecule has 0 aromatic carbocycles. The zero-order valence-electron chi connectivity index (χ0n) is 15.9. The highest BCUT2D eigenvalue weighted by atomic mass is 16.5. The van der Waals surface area contributed by atoms with E-state index in [0.29, 0.717) is 12.5 Å². The summed E-state index contributed by atoms with van der Waals surface area (Å²) in [7, 11) is 0. The average molecular weight is 364 g/mol. The number of ether oxygens (including phenoxy) is 2. The highest BCUT2D eigenvalue weighted by Gasteiger charge is 2.29. The number of rotatable bonds is 7. The number of anilines is 2. The van der Waals surface area contributed by atoms with Gasteiger partial charge in [0.25, 0.3) is 0 Å². The third-order valence-electron chi connectivity index (χ3n) is 5.16. The Morgan fingerprint density at radius 1 is 1.35 bits per heavy atom. The molecule has 0 aliphatic carbocycles. The molecule has 2 saturated heterocycles. The van der Waals surface area contributed by atoms with Crippen LogP contribution >= 0.6 is 0 Å². The molecule has 0 saturated carbocycles. The Hall–Kier alpha value is -1.44. The molecule has 2 aliphatic rings. The molecule has 146 valence electrons. The molecular weight excluding hydrogens is 332 g/mol. The first-order chi connectivity index (χ1) is 12.7. The first kappa shape index (κ1) is 19.3. The Morgan fingerprint density at radius 3 is 3.04 bits per heavy atom. The van der Waals surface area contributed by atoms with Crippen molar-refractivity contribution >= 4 is 11.6 Å². The van der Waals surface area contributed by atoms with E-state index < -0.39 is 0 Å². The molecule has 2 aliphatic heterocycles. The third-order valence-corrected chi connectivity index (χ3v) is 5.16. The molecule has 2 fully saturated rings. The van der Waals surface area contributed by atoms with E-state index in [1.165, 1.54) is 0 Å². The van der Waals surface area contributed by atoms with Crippen molar-refractivity contribution in [3.8, 4) is 0 Å². The van der Waals surface area contributed by atoms with Gasteiger partial charge in [-0.2, -0.15) is 0 Å². The van der Waals surface area contributed by atoms with Crippen LogP contribution < -0.4 is 10.2 Å². The summed E-state index contributed by atoms with van der Waals surface area (Å²) in [6, 6.07) is 2.31. The molecule has 7 heteroatoms. The molecule has 3 atom stereocenters. The van der Waals surface area contributed by atoms with Crippen molar-refractivity contribution < 1.29 is 14.6 Å². The quantitative estimate of drug-likeness (QED) is 0.767. The number of aliphatic hydroxyl groups is 1. The Labute approximate surface area is 156 Å². The first-order valence-corrected chi connectivity index (χ1v) is 9.85. The van der Waals surface area contributed by atoms with Crippen LogP contribution in [0.2, 0.25) is 0 Å². The van der Waals surface area contributed by atoms with Crippen molar-refractivity contribution in [2.45, 2.75) is 57.8 Å². The SMILES string of the molecule is CC(C)[C@@H]1OCCC[C@H]1Nc1cc(N2CCC[C@@H](OCCO)C2)ncn1. The zero-order chi connectivity index (χ0) is 18.4. The van der Waals surface area contributed by atoms with E-state index in [9.17, 15) is 0 Å². The van der Waals surface area contributed by atoms with Crippen molar-refractivity contribution in [2.75, 3.05) is 43.1 Å². The predicted octanol–water partition coefficient (Wildman–Crippen LogP) is 2.07. The van der Waals surface area contributed by atoms with E-state index in [1.807, 2.05) is 6.07 Å².